The van der Waals surface area contributed by atoms with Gasteiger partial charge < -0.3 is 18.9 Å². The molecular weight excluding hydrogens is 498 g/mol. The maximum atomic E-state index is 6.71. The van der Waals surface area contributed by atoms with Gasteiger partial charge in [0, 0.05) is 12.0 Å². The molecule has 0 saturated carbocycles. The molecule has 0 aliphatic carbocycles. The maximum Gasteiger partial charge on any atom is 0.287 e. The summed E-state index contributed by atoms with van der Waals surface area (Å²) in [5.41, 5.74) is 5.94. The van der Waals surface area contributed by atoms with Crippen molar-refractivity contribution < 1.29 is 23.5 Å². The van der Waals surface area contributed by atoms with Crippen LogP contribution in [0.1, 0.15) is 27.8 Å². The second-order valence-corrected chi connectivity index (χ2v) is 10.4. The fourth-order valence-corrected chi connectivity index (χ4v) is 5.46. The molecule has 6 rings (SSSR count). The fraction of sp³-hybridized carbons (Fsp3) is 0.286. The van der Waals surface area contributed by atoms with Crippen LogP contribution >= 0.6 is 0 Å². The van der Waals surface area contributed by atoms with Crippen LogP contribution in [0.2, 0.25) is 0 Å². The Morgan fingerprint density at radius 2 is 1.12 bits per heavy atom. The van der Waals surface area contributed by atoms with Crippen molar-refractivity contribution in [1.29, 1.82) is 0 Å². The average molecular weight is 535 g/mol. The monoisotopic (exact) mass is 534 g/mol. The smallest absolute Gasteiger partial charge is 0.287 e. The van der Waals surface area contributed by atoms with E-state index in [1.165, 1.54) is 11.1 Å². The summed E-state index contributed by atoms with van der Waals surface area (Å²) in [5.74, 6) is 0. The third-order valence-corrected chi connectivity index (χ3v) is 7.61. The SMILES string of the molecule is C1=[N+]([C@@H]2OC[C@@H](OCc3ccccc3)[C@H](OCc3ccccc3)[C@H]2OCc2ccccc2)CCc2ccccc21. The molecule has 2 aliphatic heterocycles. The van der Waals surface area contributed by atoms with Gasteiger partial charge in [-0.2, -0.15) is 0 Å². The number of nitrogens with zero attached hydrogens (tertiary/aromatic N) is 1. The van der Waals surface area contributed by atoms with Crippen LogP contribution in [0.15, 0.2) is 115 Å². The van der Waals surface area contributed by atoms with Crippen LogP contribution in [0.4, 0.5) is 0 Å². The van der Waals surface area contributed by atoms with E-state index in [9.17, 15) is 0 Å². The molecule has 5 nitrogen and oxygen atoms in total. The highest BCUT2D eigenvalue weighted by molar-refractivity contribution is 5.78. The molecule has 4 aromatic rings. The molecule has 4 aromatic carbocycles. The molecule has 0 unspecified atom stereocenters. The Labute approximate surface area is 236 Å². The highest BCUT2D eigenvalue weighted by Crippen LogP contribution is 2.28. The predicted octanol–water partition coefficient (Wildman–Crippen LogP) is 5.79. The summed E-state index contributed by atoms with van der Waals surface area (Å²) < 4.78 is 28.8. The lowest BCUT2D eigenvalue weighted by Gasteiger charge is -2.40. The summed E-state index contributed by atoms with van der Waals surface area (Å²) in [5, 5.41) is 0. The number of ether oxygens (including phenoxy) is 4. The normalized spacial score (nSPS) is 22.4. The topological polar surface area (TPSA) is 39.9 Å². The van der Waals surface area contributed by atoms with Crippen molar-refractivity contribution >= 4 is 6.21 Å². The Hall–Kier alpha value is -3.61. The van der Waals surface area contributed by atoms with Gasteiger partial charge in [-0.25, -0.2) is 4.58 Å². The highest BCUT2D eigenvalue weighted by atomic mass is 16.6. The van der Waals surface area contributed by atoms with Crippen molar-refractivity contribution in [2.75, 3.05) is 13.2 Å². The molecule has 5 heteroatoms. The van der Waals surface area contributed by atoms with Gasteiger partial charge in [-0.15, -0.1) is 0 Å². The van der Waals surface area contributed by atoms with Gasteiger partial charge in [-0.1, -0.05) is 109 Å². The number of rotatable bonds is 10. The van der Waals surface area contributed by atoms with E-state index in [-0.39, 0.29) is 24.5 Å². The van der Waals surface area contributed by atoms with Gasteiger partial charge >= 0.3 is 0 Å². The third kappa shape index (κ3) is 6.57. The molecule has 0 aromatic heterocycles. The van der Waals surface area contributed by atoms with E-state index in [0.717, 1.165) is 29.7 Å². The minimum atomic E-state index is -0.361. The van der Waals surface area contributed by atoms with Crippen LogP contribution in [0.25, 0.3) is 0 Å². The molecule has 40 heavy (non-hydrogen) atoms. The molecular formula is C35H36NO4+. The van der Waals surface area contributed by atoms with Crippen LogP contribution in [0, 0.1) is 0 Å². The molecule has 0 radical (unpaired) electrons. The Balaban J connectivity index is 1.29. The van der Waals surface area contributed by atoms with Crippen molar-refractivity contribution in [3.05, 3.63) is 143 Å². The molecule has 204 valence electrons. The predicted molar refractivity (Wildman–Crippen MR) is 155 cm³/mol. The van der Waals surface area contributed by atoms with E-state index in [1.807, 2.05) is 54.6 Å². The second kappa shape index (κ2) is 13.2. The molecule has 4 atom stereocenters. The van der Waals surface area contributed by atoms with E-state index >= 15 is 0 Å². The minimum Gasteiger partial charge on any atom is -0.368 e. The quantitative estimate of drug-likeness (QED) is 0.242. The third-order valence-electron chi connectivity index (χ3n) is 7.61. The molecule has 0 amide bonds. The molecule has 2 aliphatic rings. The molecule has 0 spiro atoms. The average Bonchev–Trinajstić information content (AvgIpc) is 3.03. The second-order valence-electron chi connectivity index (χ2n) is 10.4. The number of benzene rings is 4. The summed E-state index contributed by atoms with van der Waals surface area (Å²) >= 11 is 0. The summed E-state index contributed by atoms with van der Waals surface area (Å²) in [4.78, 5) is 0. The largest absolute Gasteiger partial charge is 0.368 e. The first-order chi connectivity index (χ1) is 19.8. The van der Waals surface area contributed by atoms with Crippen LogP contribution in [0.3, 0.4) is 0 Å². The van der Waals surface area contributed by atoms with E-state index in [0.29, 0.717) is 26.4 Å². The van der Waals surface area contributed by atoms with Gasteiger partial charge in [-0.3, -0.25) is 0 Å². The van der Waals surface area contributed by atoms with Gasteiger partial charge in [-0.05, 0) is 28.3 Å². The summed E-state index contributed by atoms with van der Waals surface area (Å²) in [6.07, 6.45) is 1.91. The minimum absolute atomic E-state index is 0.280. The van der Waals surface area contributed by atoms with Crippen LogP contribution in [0.5, 0.6) is 0 Å². The lowest BCUT2D eigenvalue weighted by molar-refractivity contribution is -0.631. The van der Waals surface area contributed by atoms with E-state index in [4.69, 9.17) is 18.9 Å². The number of hydrogen-bond donors (Lipinski definition) is 0. The van der Waals surface area contributed by atoms with E-state index in [2.05, 4.69) is 71.5 Å². The highest BCUT2D eigenvalue weighted by Gasteiger charge is 2.48. The molecule has 1 fully saturated rings. The maximum absolute atomic E-state index is 6.71. The molecule has 0 bridgehead atoms. The standard InChI is InChI=1S/C35H36NO4/c1-4-12-27(13-5-1)23-37-32-26-40-35(36-21-20-30-18-10-11-19-31(30)22-36)34(39-25-29-16-8-3-9-17-29)33(32)38-24-28-14-6-2-7-15-28/h1-19,22,32-35H,20-21,23-26H2/q+1/t32-,33+,34-,35-/m1/s1. The first-order valence-electron chi connectivity index (χ1n) is 14.1. The van der Waals surface area contributed by atoms with Crippen molar-refractivity contribution in [1.82, 2.24) is 0 Å². The van der Waals surface area contributed by atoms with E-state index in [1.54, 1.807) is 0 Å². The first-order valence-corrected chi connectivity index (χ1v) is 14.1. The lowest BCUT2D eigenvalue weighted by atomic mass is 9.99. The molecule has 2 heterocycles. The Kier molecular flexibility index (Phi) is 8.75. The fourth-order valence-electron chi connectivity index (χ4n) is 5.46. The zero-order valence-electron chi connectivity index (χ0n) is 22.7. The molecule has 1 saturated heterocycles. The lowest BCUT2D eigenvalue weighted by Crippen LogP contribution is -2.60. The van der Waals surface area contributed by atoms with Gasteiger partial charge in [0.05, 0.1) is 26.4 Å². The van der Waals surface area contributed by atoms with Gasteiger partial charge in [0.15, 0.2) is 12.3 Å². The summed E-state index contributed by atoms with van der Waals surface area (Å²) in [7, 11) is 0. The first kappa shape index (κ1) is 26.6. The molecule has 0 N–H and O–H groups in total. The van der Waals surface area contributed by atoms with Crippen molar-refractivity contribution in [2.24, 2.45) is 0 Å². The van der Waals surface area contributed by atoms with Crippen molar-refractivity contribution in [3.8, 4) is 0 Å². The number of hydrogen-bond acceptors (Lipinski definition) is 4. The Morgan fingerprint density at radius 3 is 1.75 bits per heavy atom. The van der Waals surface area contributed by atoms with E-state index < -0.39 is 0 Å². The van der Waals surface area contributed by atoms with Gasteiger partial charge in [0.2, 0.25) is 0 Å². The summed E-state index contributed by atoms with van der Waals surface area (Å²) in [6, 6.07) is 39.4. The Morgan fingerprint density at radius 1 is 0.600 bits per heavy atom. The van der Waals surface area contributed by atoms with Crippen LogP contribution in [-0.4, -0.2) is 48.5 Å². The van der Waals surface area contributed by atoms with Gasteiger partial charge in [0.25, 0.3) is 6.23 Å². The zero-order chi connectivity index (χ0) is 27.0. The zero-order valence-corrected chi connectivity index (χ0v) is 22.7. The summed E-state index contributed by atoms with van der Waals surface area (Å²) in [6.45, 7) is 2.70. The van der Waals surface area contributed by atoms with Crippen molar-refractivity contribution in [2.45, 2.75) is 50.8 Å². The van der Waals surface area contributed by atoms with Crippen LogP contribution in [-0.2, 0) is 45.2 Å². The van der Waals surface area contributed by atoms with Gasteiger partial charge in [0.1, 0.15) is 18.8 Å². The number of fused-ring (bicyclic) bond motifs is 1. The van der Waals surface area contributed by atoms with Crippen LogP contribution < -0.4 is 0 Å². The van der Waals surface area contributed by atoms with Crippen molar-refractivity contribution in [3.63, 3.8) is 0 Å². The Bertz CT molecular complexity index is 1380.